The highest BCUT2D eigenvalue weighted by Gasteiger charge is 2.33. The summed E-state index contributed by atoms with van der Waals surface area (Å²) < 4.78 is 6.15. The molecule has 1 N–H and O–H groups in total. The number of likely N-dealkylation sites (tertiary alicyclic amines) is 1. The van der Waals surface area contributed by atoms with E-state index in [0.717, 1.165) is 89.3 Å². The number of carbonyl (C=O) groups is 1. The van der Waals surface area contributed by atoms with Crippen LogP contribution in [0.3, 0.4) is 0 Å². The summed E-state index contributed by atoms with van der Waals surface area (Å²) in [5.41, 5.74) is 3.71. The van der Waals surface area contributed by atoms with E-state index in [2.05, 4.69) is 52.1 Å². The molecule has 7 nitrogen and oxygen atoms in total. The second kappa shape index (κ2) is 13.4. The number of aliphatic hydroxyl groups is 1. The first-order valence-electron chi connectivity index (χ1n) is 14.0. The van der Waals surface area contributed by atoms with Crippen LogP contribution in [0.4, 0.5) is 5.95 Å². The van der Waals surface area contributed by atoms with Gasteiger partial charge in [0.2, 0.25) is 11.9 Å². The van der Waals surface area contributed by atoms with Gasteiger partial charge in [-0.05, 0) is 86.1 Å². The molecule has 1 aliphatic carbocycles. The van der Waals surface area contributed by atoms with Gasteiger partial charge in [-0.3, -0.25) is 4.79 Å². The Hall–Kier alpha value is -2.64. The Balaban J connectivity index is 0.00000336. The summed E-state index contributed by atoms with van der Waals surface area (Å²) in [6.45, 7) is 5.66. The first kappa shape index (κ1) is 28.4. The molecule has 0 spiro atoms. The molecule has 206 valence electrons. The molecule has 2 fully saturated rings. The number of allylic oxidation sites excluding steroid dienone is 2. The van der Waals surface area contributed by atoms with E-state index in [1.54, 1.807) is 0 Å². The number of halogens is 1. The number of anilines is 1. The Labute approximate surface area is 232 Å². The van der Waals surface area contributed by atoms with E-state index in [4.69, 9.17) is 4.74 Å². The number of piperidine rings is 1. The van der Waals surface area contributed by atoms with Crippen LogP contribution in [0.2, 0.25) is 0 Å². The number of benzene rings is 1. The summed E-state index contributed by atoms with van der Waals surface area (Å²) in [6, 6.07) is 8.45. The van der Waals surface area contributed by atoms with E-state index in [1.807, 2.05) is 17.3 Å². The zero-order valence-corrected chi connectivity index (χ0v) is 23.2. The minimum atomic E-state index is 0. The number of amides is 1. The Morgan fingerprint density at radius 1 is 1.05 bits per heavy atom. The number of carbonyl (C=O) groups excluding carboxylic acids is 1. The lowest BCUT2D eigenvalue weighted by Crippen LogP contribution is -2.41. The third-order valence-electron chi connectivity index (χ3n) is 8.34. The number of aliphatic hydroxyl groups excluding tert-OH is 1. The molecule has 0 saturated carbocycles. The maximum absolute atomic E-state index is 12.9. The normalized spacial score (nSPS) is 22.1. The second-order valence-electron chi connectivity index (χ2n) is 10.7. The zero-order chi connectivity index (χ0) is 25.6. The van der Waals surface area contributed by atoms with Crippen LogP contribution in [0, 0.1) is 11.8 Å². The molecule has 0 bridgehead atoms. The van der Waals surface area contributed by atoms with Gasteiger partial charge in [-0.15, -0.1) is 12.4 Å². The summed E-state index contributed by atoms with van der Waals surface area (Å²) in [5, 5.41) is 9.55. The molecule has 1 unspecified atom stereocenters. The van der Waals surface area contributed by atoms with Crippen molar-refractivity contribution < 1.29 is 14.6 Å². The van der Waals surface area contributed by atoms with Gasteiger partial charge in [-0.25, -0.2) is 9.97 Å². The average Bonchev–Trinajstić information content (AvgIpc) is 3.45. The van der Waals surface area contributed by atoms with Crippen molar-refractivity contribution in [2.45, 2.75) is 64.3 Å². The predicted molar refractivity (Wildman–Crippen MR) is 153 cm³/mol. The van der Waals surface area contributed by atoms with Crippen molar-refractivity contribution in [2.75, 3.05) is 37.7 Å². The lowest BCUT2D eigenvalue weighted by molar-refractivity contribution is -0.137. The van der Waals surface area contributed by atoms with E-state index < -0.39 is 0 Å². The largest absolute Gasteiger partial charge is 0.493 e. The number of aryl methyl sites for hydroxylation is 1. The molecule has 0 radical (unpaired) electrons. The SMILES string of the molecule is CCc1cnc(N2CCC(COc3ccc(C4=CCC(C(=O)N5CCC[C@@H]5CO)CC4)cc3)CC2)nc1.Cl. The molecular formula is C30H41ClN4O3. The second-order valence-corrected chi connectivity index (χ2v) is 10.7. The Bertz CT molecular complexity index is 1070. The van der Waals surface area contributed by atoms with E-state index >= 15 is 0 Å². The van der Waals surface area contributed by atoms with Gasteiger partial charge in [0.15, 0.2) is 0 Å². The van der Waals surface area contributed by atoms with Gasteiger partial charge >= 0.3 is 0 Å². The molecule has 1 aromatic carbocycles. The van der Waals surface area contributed by atoms with Crippen LogP contribution in [-0.2, 0) is 11.2 Å². The van der Waals surface area contributed by atoms with Crippen molar-refractivity contribution >= 4 is 29.8 Å². The molecule has 2 atom stereocenters. The summed E-state index contributed by atoms with van der Waals surface area (Å²) in [7, 11) is 0. The van der Waals surface area contributed by atoms with Crippen LogP contribution in [0.15, 0.2) is 42.7 Å². The minimum absolute atomic E-state index is 0. The van der Waals surface area contributed by atoms with E-state index in [1.165, 1.54) is 16.7 Å². The highest BCUT2D eigenvalue weighted by Crippen LogP contribution is 2.33. The van der Waals surface area contributed by atoms with Crippen molar-refractivity contribution in [1.29, 1.82) is 0 Å². The van der Waals surface area contributed by atoms with Crippen LogP contribution in [0.5, 0.6) is 5.75 Å². The third kappa shape index (κ3) is 6.67. The van der Waals surface area contributed by atoms with Crippen LogP contribution in [-0.4, -0.2) is 64.8 Å². The number of hydrogen-bond acceptors (Lipinski definition) is 6. The molecule has 5 rings (SSSR count). The van der Waals surface area contributed by atoms with E-state index in [-0.39, 0.29) is 36.9 Å². The quantitative estimate of drug-likeness (QED) is 0.512. The van der Waals surface area contributed by atoms with Crippen LogP contribution in [0.25, 0.3) is 5.57 Å². The fraction of sp³-hybridized carbons (Fsp3) is 0.567. The molecule has 1 aromatic heterocycles. The summed E-state index contributed by atoms with van der Waals surface area (Å²) in [5.74, 6) is 2.57. The van der Waals surface area contributed by atoms with Gasteiger partial charge in [0, 0.05) is 37.9 Å². The summed E-state index contributed by atoms with van der Waals surface area (Å²) in [6.07, 6.45) is 13.7. The summed E-state index contributed by atoms with van der Waals surface area (Å²) >= 11 is 0. The van der Waals surface area contributed by atoms with Gasteiger partial charge in [-0.1, -0.05) is 25.1 Å². The lowest BCUT2D eigenvalue weighted by Gasteiger charge is -2.31. The van der Waals surface area contributed by atoms with E-state index in [9.17, 15) is 9.90 Å². The standard InChI is InChI=1S/C30H40N4O3.ClH/c1-2-22-18-31-30(32-19-22)33-16-13-23(14-17-33)21-37-28-11-9-25(10-12-28)24-5-7-26(8-6-24)29(36)34-15-3-4-27(34)20-35;/h5,9-12,18-19,23,26-27,35H,2-4,6-8,13-17,20-21H2,1H3;1H/t26?,27-;/m1./s1. The van der Waals surface area contributed by atoms with Crippen molar-refractivity contribution in [2.24, 2.45) is 11.8 Å². The number of nitrogens with zero attached hydrogens (tertiary/aromatic N) is 4. The molecule has 38 heavy (non-hydrogen) atoms. The topological polar surface area (TPSA) is 78.8 Å². The van der Waals surface area contributed by atoms with Crippen molar-refractivity contribution in [1.82, 2.24) is 14.9 Å². The minimum Gasteiger partial charge on any atom is -0.493 e. The number of rotatable bonds is 8. The Morgan fingerprint density at radius 3 is 2.42 bits per heavy atom. The van der Waals surface area contributed by atoms with Gasteiger partial charge in [0.1, 0.15) is 5.75 Å². The molecule has 2 aliphatic heterocycles. The van der Waals surface area contributed by atoms with Crippen molar-refractivity contribution in [3.05, 3.63) is 53.9 Å². The maximum atomic E-state index is 12.9. The molecule has 2 aromatic rings. The summed E-state index contributed by atoms with van der Waals surface area (Å²) in [4.78, 5) is 26.2. The molecular weight excluding hydrogens is 500 g/mol. The molecule has 8 heteroatoms. The predicted octanol–water partition coefficient (Wildman–Crippen LogP) is 4.92. The first-order valence-corrected chi connectivity index (χ1v) is 14.0. The monoisotopic (exact) mass is 540 g/mol. The van der Waals surface area contributed by atoms with Crippen molar-refractivity contribution in [3.63, 3.8) is 0 Å². The van der Waals surface area contributed by atoms with Gasteiger partial charge in [0.05, 0.1) is 19.3 Å². The van der Waals surface area contributed by atoms with Gasteiger partial charge < -0.3 is 19.6 Å². The number of ether oxygens (including phenoxy) is 1. The fourth-order valence-electron chi connectivity index (χ4n) is 5.84. The molecule has 1 amide bonds. The highest BCUT2D eigenvalue weighted by molar-refractivity contribution is 5.85. The van der Waals surface area contributed by atoms with Crippen molar-refractivity contribution in [3.8, 4) is 5.75 Å². The third-order valence-corrected chi connectivity index (χ3v) is 8.34. The van der Waals surface area contributed by atoms with Gasteiger partial charge in [-0.2, -0.15) is 0 Å². The zero-order valence-electron chi connectivity index (χ0n) is 22.4. The highest BCUT2D eigenvalue weighted by atomic mass is 35.5. The molecule has 3 aliphatic rings. The van der Waals surface area contributed by atoms with Crippen LogP contribution in [0.1, 0.15) is 63.0 Å². The maximum Gasteiger partial charge on any atom is 0.226 e. The van der Waals surface area contributed by atoms with Crippen LogP contribution >= 0.6 is 12.4 Å². The lowest BCUT2D eigenvalue weighted by atomic mass is 9.85. The molecule has 2 saturated heterocycles. The van der Waals surface area contributed by atoms with E-state index in [0.29, 0.717) is 5.92 Å². The Morgan fingerprint density at radius 2 is 1.79 bits per heavy atom. The molecule has 3 heterocycles. The first-order chi connectivity index (χ1) is 18.1. The van der Waals surface area contributed by atoms with Crippen LogP contribution < -0.4 is 9.64 Å². The number of aromatic nitrogens is 2. The fourth-order valence-corrected chi connectivity index (χ4v) is 5.84. The number of hydrogen-bond donors (Lipinski definition) is 1. The average molecular weight is 541 g/mol. The smallest absolute Gasteiger partial charge is 0.226 e. The van der Waals surface area contributed by atoms with Gasteiger partial charge in [0.25, 0.3) is 0 Å². The Kier molecular flexibility index (Phi) is 10.0.